The Bertz CT molecular complexity index is 318. The average Bonchev–Trinajstić information content (AvgIpc) is 2.70. The molecule has 0 spiro atoms. The maximum Gasteiger partial charge on any atom is 0.0207 e. The second kappa shape index (κ2) is 5.46. The van der Waals surface area contributed by atoms with Crippen LogP contribution in [0.1, 0.15) is 24.5 Å². The van der Waals surface area contributed by atoms with Crippen molar-refractivity contribution < 1.29 is 0 Å². The molecule has 1 saturated heterocycles. The van der Waals surface area contributed by atoms with Crippen molar-refractivity contribution in [1.29, 1.82) is 0 Å². The maximum absolute atomic E-state index is 3.59. The number of rotatable bonds is 4. The molecule has 16 heavy (non-hydrogen) atoms. The van der Waals surface area contributed by atoms with E-state index in [1.807, 2.05) is 0 Å². The lowest BCUT2D eigenvalue weighted by Crippen LogP contribution is -2.30. The molecular weight excluding hydrogens is 196 g/mol. The van der Waals surface area contributed by atoms with Crippen LogP contribution >= 0.6 is 0 Å². The van der Waals surface area contributed by atoms with Gasteiger partial charge in [-0.15, -0.1) is 0 Å². The quantitative estimate of drug-likeness (QED) is 0.806. The molecule has 1 fully saturated rings. The number of nitrogens with one attached hydrogen (secondary N) is 2. The van der Waals surface area contributed by atoms with Crippen LogP contribution in [0.5, 0.6) is 0 Å². The molecule has 2 atom stereocenters. The fourth-order valence-electron chi connectivity index (χ4n) is 2.43. The van der Waals surface area contributed by atoms with Gasteiger partial charge in [0.15, 0.2) is 0 Å². The van der Waals surface area contributed by atoms with Gasteiger partial charge in [-0.2, -0.15) is 0 Å². The SMILES string of the molecule is CCNC1CNC(Cc2ccc(C)cc2)C1. The lowest BCUT2D eigenvalue weighted by molar-refractivity contribution is 0.545. The van der Waals surface area contributed by atoms with E-state index < -0.39 is 0 Å². The minimum Gasteiger partial charge on any atom is -0.313 e. The molecule has 0 saturated carbocycles. The fraction of sp³-hybridized carbons (Fsp3) is 0.571. The maximum atomic E-state index is 3.59. The lowest BCUT2D eigenvalue weighted by Gasteiger charge is -2.11. The van der Waals surface area contributed by atoms with Gasteiger partial charge in [-0.1, -0.05) is 36.8 Å². The molecule has 2 heteroatoms. The van der Waals surface area contributed by atoms with E-state index in [1.165, 1.54) is 17.5 Å². The second-order valence-electron chi connectivity index (χ2n) is 4.79. The Kier molecular flexibility index (Phi) is 3.97. The van der Waals surface area contributed by atoms with E-state index >= 15 is 0 Å². The Hall–Kier alpha value is -0.860. The molecule has 1 aliphatic rings. The number of likely N-dealkylation sites (N-methyl/N-ethyl adjacent to an activating group) is 1. The van der Waals surface area contributed by atoms with Crippen LogP contribution in [-0.2, 0) is 6.42 Å². The molecule has 0 aliphatic carbocycles. The summed E-state index contributed by atoms with van der Waals surface area (Å²) in [5.74, 6) is 0. The third-order valence-electron chi connectivity index (χ3n) is 3.32. The summed E-state index contributed by atoms with van der Waals surface area (Å²) < 4.78 is 0. The molecule has 2 nitrogen and oxygen atoms in total. The Labute approximate surface area is 98.4 Å². The number of hydrogen-bond donors (Lipinski definition) is 2. The monoisotopic (exact) mass is 218 g/mol. The van der Waals surface area contributed by atoms with Crippen molar-refractivity contribution in [2.24, 2.45) is 0 Å². The highest BCUT2D eigenvalue weighted by Crippen LogP contribution is 2.13. The Balaban J connectivity index is 1.84. The third-order valence-corrected chi connectivity index (χ3v) is 3.32. The van der Waals surface area contributed by atoms with E-state index in [-0.39, 0.29) is 0 Å². The molecule has 1 aromatic carbocycles. The van der Waals surface area contributed by atoms with Crippen molar-refractivity contribution in [3.8, 4) is 0 Å². The number of aryl methyl sites for hydroxylation is 1. The Morgan fingerprint density at radius 2 is 2.06 bits per heavy atom. The first-order valence-electron chi connectivity index (χ1n) is 6.30. The Morgan fingerprint density at radius 1 is 1.31 bits per heavy atom. The van der Waals surface area contributed by atoms with E-state index in [2.05, 4.69) is 48.7 Å². The molecule has 1 aromatic rings. The van der Waals surface area contributed by atoms with Crippen molar-refractivity contribution >= 4 is 0 Å². The van der Waals surface area contributed by atoms with E-state index in [0.717, 1.165) is 19.5 Å². The molecule has 2 unspecified atom stereocenters. The Morgan fingerprint density at radius 3 is 2.75 bits per heavy atom. The summed E-state index contributed by atoms with van der Waals surface area (Å²) >= 11 is 0. The number of hydrogen-bond acceptors (Lipinski definition) is 2. The van der Waals surface area contributed by atoms with Crippen LogP contribution in [0, 0.1) is 6.92 Å². The van der Waals surface area contributed by atoms with E-state index in [4.69, 9.17) is 0 Å². The third kappa shape index (κ3) is 3.06. The van der Waals surface area contributed by atoms with Crippen LogP contribution in [0.4, 0.5) is 0 Å². The van der Waals surface area contributed by atoms with Crippen LogP contribution in [0.25, 0.3) is 0 Å². The van der Waals surface area contributed by atoms with Gasteiger partial charge >= 0.3 is 0 Å². The largest absolute Gasteiger partial charge is 0.313 e. The zero-order valence-electron chi connectivity index (χ0n) is 10.3. The first-order chi connectivity index (χ1) is 7.78. The van der Waals surface area contributed by atoms with E-state index in [9.17, 15) is 0 Å². The number of benzene rings is 1. The normalized spacial score (nSPS) is 24.9. The first kappa shape index (κ1) is 11.6. The second-order valence-corrected chi connectivity index (χ2v) is 4.79. The molecule has 1 heterocycles. The predicted octanol–water partition coefficient (Wildman–Crippen LogP) is 1.88. The molecule has 0 amide bonds. The van der Waals surface area contributed by atoms with Crippen LogP contribution in [-0.4, -0.2) is 25.2 Å². The zero-order valence-corrected chi connectivity index (χ0v) is 10.3. The summed E-state index contributed by atoms with van der Waals surface area (Å²) in [6.45, 7) is 6.50. The highest BCUT2D eigenvalue weighted by molar-refractivity contribution is 5.22. The smallest absolute Gasteiger partial charge is 0.0207 e. The summed E-state index contributed by atoms with van der Waals surface area (Å²) in [6, 6.07) is 10.2. The van der Waals surface area contributed by atoms with Gasteiger partial charge in [0, 0.05) is 18.6 Å². The topological polar surface area (TPSA) is 24.1 Å². The molecular formula is C14H22N2. The van der Waals surface area contributed by atoms with Gasteiger partial charge in [0.2, 0.25) is 0 Å². The van der Waals surface area contributed by atoms with E-state index in [1.54, 1.807) is 0 Å². The molecule has 1 aliphatic heterocycles. The summed E-state index contributed by atoms with van der Waals surface area (Å²) in [6.07, 6.45) is 2.41. The summed E-state index contributed by atoms with van der Waals surface area (Å²) in [7, 11) is 0. The van der Waals surface area contributed by atoms with Crippen LogP contribution in [0.3, 0.4) is 0 Å². The highest BCUT2D eigenvalue weighted by atomic mass is 15.0. The van der Waals surface area contributed by atoms with Crippen molar-refractivity contribution in [3.05, 3.63) is 35.4 Å². The summed E-state index contributed by atoms with van der Waals surface area (Å²) in [4.78, 5) is 0. The zero-order chi connectivity index (χ0) is 11.4. The fourth-order valence-corrected chi connectivity index (χ4v) is 2.43. The van der Waals surface area contributed by atoms with Crippen LogP contribution < -0.4 is 10.6 Å². The molecule has 0 aromatic heterocycles. The van der Waals surface area contributed by atoms with Crippen LogP contribution in [0.15, 0.2) is 24.3 Å². The van der Waals surface area contributed by atoms with Gasteiger partial charge in [0.25, 0.3) is 0 Å². The minimum atomic E-state index is 0.645. The molecule has 0 bridgehead atoms. The van der Waals surface area contributed by atoms with Gasteiger partial charge in [0.1, 0.15) is 0 Å². The highest BCUT2D eigenvalue weighted by Gasteiger charge is 2.22. The predicted molar refractivity (Wildman–Crippen MR) is 68.8 cm³/mol. The lowest BCUT2D eigenvalue weighted by atomic mass is 10.0. The van der Waals surface area contributed by atoms with Crippen molar-refractivity contribution in [2.45, 2.75) is 38.8 Å². The molecule has 2 rings (SSSR count). The minimum absolute atomic E-state index is 0.645. The van der Waals surface area contributed by atoms with Crippen molar-refractivity contribution in [2.75, 3.05) is 13.1 Å². The summed E-state index contributed by atoms with van der Waals surface area (Å²) in [5, 5.41) is 7.10. The van der Waals surface area contributed by atoms with Gasteiger partial charge in [-0.3, -0.25) is 0 Å². The van der Waals surface area contributed by atoms with Crippen LogP contribution in [0.2, 0.25) is 0 Å². The molecule has 0 radical (unpaired) electrons. The van der Waals surface area contributed by atoms with Crippen molar-refractivity contribution in [3.63, 3.8) is 0 Å². The van der Waals surface area contributed by atoms with Gasteiger partial charge in [0.05, 0.1) is 0 Å². The molecule has 88 valence electrons. The van der Waals surface area contributed by atoms with Gasteiger partial charge in [-0.25, -0.2) is 0 Å². The van der Waals surface area contributed by atoms with Gasteiger partial charge < -0.3 is 10.6 Å². The standard InChI is InChI=1S/C14H22N2/c1-3-15-14-9-13(16-10-14)8-12-6-4-11(2)5-7-12/h4-7,13-16H,3,8-10H2,1-2H3. The van der Waals surface area contributed by atoms with E-state index in [0.29, 0.717) is 12.1 Å². The summed E-state index contributed by atoms with van der Waals surface area (Å²) in [5.41, 5.74) is 2.79. The average molecular weight is 218 g/mol. The van der Waals surface area contributed by atoms with Crippen molar-refractivity contribution in [1.82, 2.24) is 10.6 Å². The molecule has 2 N–H and O–H groups in total. The van der Waals surface area contributed by atoms with Gasteiger partial charge in [-0.05, 0) is 31.9 Å². The first-order valence-corrected chi connectivity index (χ1v) is 6.30.